The summed E-state index contributed by atoms with van der Waals surface area (Å²) in [7, 11) is -11.0. The number of nitro groups is 1. The van der Waals surface area contributed by atoms with Gasteiger partial charge in [0.15, 0.2) is 0 Å². The normalized spacial score (nSPS) is 12.7. The van der Waals surface area contributed by atoms with E-state index < -0.39 is 37.5 Å². The van der Waals surface area contributed by atoms with E-state index in [1.807, 2.05) is 0 Å². The van der Waals surface area contributed by atoms with Crippen LogP contribution in [0.15, 0.2) is 29.4 Å². The number of hydrogen-bond acceptors (Lipinski definition) is 8. The molecule has 0 atom stereocenters. The Morgan fingerprint density at radius 2 is 1.72 bits per heavy atom. The summed E-state index contributed by atoms with van der Waals surface area (Å²) >= 11 is 0. The lowest BCUT2D eigenvalue weighted by atomic mass is 10.2. The molecular weight excluding hydrogens is 434 g/mol. The smallest absolute Gasteiger partial charge is 0.368 e. The zero-order valence-electron chi connectivity index (χ0n) is 14.8. The summed E-state index contributed by atoms with van der Waals surface area (Å²) in [5.74, 6) is -0.582. The molecule has 0 spiro atoms. The molecule has 7 N–H and O–H groups in total. The number of rotatable bonds is 11. The van der Waals surface area contributed by atoms with Gasteiger partial charge in [-0.15, -0.1) is 0 Å². The van der Waals surface area contributed by atoms with E-state index in [0.29, 0.717) is 5.56 Å². The summed E-state index contributed by atoms with van der Waals surface area (Å²) < 4.78 is 22.4. The van der Waals surface area contributed by atoms with Crippen molar-refractivity contribution in [2.45, 2.75) is 17.9 Å². The molecule has 0 saturated heterocycles. The number of hydrazone groups is 1. The highest BCUT2D eigenvalue weighted by atomic mass is 31.2. The number of nitrogens with zero attached hydrogens (tertiary/aromatic N) is 2. The second-order valence-corrected chi connectivity index (χ2v) is 9.77. The molecule has 16 heteroatoms. The summed E-state index contributed by atoms with van der Waals surface area (Å²) in [5, 5.41) is 22.7. The van der Waals surface area contributed by atoms with Crippen LogP contribution in [-0.2, 0) is 13.9 Å². The first-order chi connectivity index (χ1) is 13.3. The standard InChI is InChI=1S/C13H20N4O10P2/c18-12(9-16-15-8-10-2-4-11(5-3-10)17(20)21)14-7-1-6-13(19,28(22,23)24)29(25,26)27/h2-5,8,16,19H,1,6-7,9H2,(H,14,18)(H2,22,23,24)(H2,25,26,27)/b15-8+. The molecule has 0 radical (unpaired) electrons. The van der Waals surface area contributed by atoms with E-state index in [4.69, 9.17) is 19.6 Å². The van der Waals surface area contributed by atoms with Crippen molar-refractivity contribution in [1.82, 2.24) is 10.7 Å². The van der Waals surface area contributed by atoms with Gasteiger partial charge in [-0.25, -0.2) is 0 Å². The van der Waals surface area contributed by atoms with Crippen LogP contribution in [0, 0.1) is 10.1 Å². The quantitative estimate of drug-likeness (QED) is 0.0734. The average Bonchev–Trinajstić information content (AvgIpc) is 2.60. The number of hydrogen-bond donors (Lipinski definition) is 7. The Labute approximate surface area is 164 Å². The van der Waals surface area contributed by atoms with Crippen molar-refractivity contribution >= 4 is 33.0 Å². The summed E-state index contributed by atoms with van der Waals surface area (Å²) in [6.45, 7) is -0.500. The van der Waals surface area contributed by atoms with Gasteiger partial charge in [-0.1, -0.05) is 0 Å². The minimum atomic E-state index is -5.52. The SMILES string of the molecule is O=C(CN/N=C/c1ccc([N+](=O)[O-])cc1)NCCCC(O)(P(=O)(O)O)P(=O)(O)O. The highest BCUT2D eigenvalue weighted by molar-refractivity contribution is 7.72. The molecule has 14 nitrogen and oxygen atoms in total. The minimum Gasteiger partial charge on any atom is -0.368 e. The molecule has 0 heterocycles. The third-order valence-electron chi connectivity index (χ3n) is 3.59. The van der Waals surface area contributed by atoms with Crippen LogP contribution < -0.4 is 10.7 Å². The fraction of sp³-hybridized carbons (Fsp3) is 0.385. The number of nitrogens with one attached hydrogen (secondary N) is 2. The van der Waals surface area contributed by atoms with Crippen molar-refractivity contribution in [3.8, 4) is 0 Å². The Bertz CT molecular complexity index is 826. The van der Waals surface area contributed by atoms with E-state index in [1.165, 1.54) is 30.5 Å². The molecular formula is C13H20N4O10P2. The monoisotopic (exact) mass is 454 g/mol. The molecule has 0 aromatic heterocycles. The molecule has 1 aromatic rings. The first kappa shape index (κ1) is 24.9. The molecule has 0 aliphatic heterocycles. The number of aliphatic hydroxyl groups is 1. The second-order valence-electron chi connectivity index (χ2n) is 5.76. The van der Waals surface area contributed by atoms with Crippen molar-refractivity contribution < 1.29 is 43.5 Å². The minimum absolute atomic E-state index is 0.0844. The fourth-order valence-electron chi connectivity index (χ4n) is 2.00. The van der Waals surface area contributed by atoms with Crippen molar-refractivity contribution in [3.05, 3.63) is 39.9 Å². The lowest BCUT2D eigenvalue weighted by Crippen LogP contribution is -2.34. The van der Waals surface area contributed by atoms with E-state index in [2.05, 4.69) is 15.8 Å². The van der Waals surface area contributed by atoms with Gasteiger partial charge in [0.1, 0.15) is 6.54 Å². The van der Waals surface area contributed by atoms with E-state index >= 15 is 0 Å². The Balaban J connectivity index is 2.40. The van der Waals surface area contributed by atoms with Crippen LogP contribution in [-0.4, -0.2) is 59.9 Å². The predicted molar refractivity (Wildman–Crippen MR) is 100.0 cm³/mol. The molecule has 162 valence electrons. The van der Waals surface area contributed by atoms with Gasteiger partial charge in [0, 0.05) is 25.1 Å². The molecule has 1 aromatic carbocycles. The predicted octanol–water partition coefficient (Wildman–Crippen LogP) is -0.584. The molecule has 29 heavy (non-hydrogen) atoms. The summed E-state index contributed by atoms with van der Waals surface area (Å²) in [6, 6.07) is 5.47. The zero-order chi connectivity index (χ0) is 22.3. The molecule has 1 rings (SSSR count). The van der Waals surface area contributed by atoms with Crippen molar-refractivity contribution in [1.29, 1.82) is 0 Å². The van der Waals surface area contributed by atoms with Crippen LogP contribution >= 0.6 is 15.2 Å². The lowest BCUT2D eigenvalue weighted by molar-refractivity contribution is -0.384. The number of amides is 1. The van der Waals surface area contributed by atoms with Crippen molar-refractivity contribution in [3.63, 3.8) is 0 Å². The van der Waals surface area contributed by atoms with Crippen LogP contribution in [0.1, 0.15) is 18.4 Å². The molecule has 0 fully saturated rings. The number of benzene rings is 1. The van der Waals surface area contributed by atoms with Gasteiger partial charge in [-0.05, 0) is 24.1 Å². The maximum Gasteiger partial charge on any atom is 0.369 e. The van der Waals surface area contributed by atoms with Crippen LogP contribution in [0.4, 0.5) is 5.69 Å². The van der Waals surface area contributed by atoms with E-state index in [1.54, 1.807) is 0 Å². The number of nitro benzene ring substituents is 1. The molecule has 1 amide bonds. The summed E-state index contributed by atoms with van der Waals surface area (Å²) in [5.41, 5.74) is 2.86. The number of carbonyl (C=O) groups is 1. The Kier molecular flexibility index (Phi) is 8.60. The van der Waals surface area contributed by atoms with Crippen molar-refractivity contribution in [2.24, 2.45) is 5.10 Å². The van der Waals surface area contributed by atoms with Crippen LogP contribution in [0.5, 0.6) is 0 Å². The molecule has 0 aliphatic carbocycles. The van der Waals surface area contributed by atoms with Crippen molar-refractivity contribution in [2.75, 3.05) is 13.1 Å². The molecule has 0 saturated carbocycles. The van der Waals surface area contributed by atoms with Gasteiger partial charge in [0.05, 0.1) is 11.1 Å². The average molecular weight is 454 g/mol. The number of carbonyl (C=O) groups excluding carboxylic acids is 1. The van der Waals surface area contributed by atoms with Gasteiger partial charge in [-0.3, -0.25) is 24.0 Å². The van der Waals surface area contributed by atoms with Gasteiger partial charge in [-0.2, -0.15) is 5.10 Å². The van der Waals surface area contributed by atoms with Crippen LogP contribution in [0.25, 0.3) is 0 Å². The Morgan fingerprint density at radius 3 is 2.21 bits per heavy atom. The molecule has 0 aliphatic rings. The Hall–Kier alpha value is -2.18. The van der Waals surface area contributed by atoms with Gasteiger partial charge in [0.2, 0.25) is 5.91 Å². The van der Waals surface area contributed by atoms with Crippen LogP contribution in [0.2, 0.25) is 0 Å². The lowest BCUT2D eigenvalue weighted by Gasteiger charge is -2.29. The van der Waals surface area contributed by atoms with Gasteiger partial charge < -0.3 is 35.4 Å². The van der Waals surface area contributed by atoms with E-state index in [9.17, 15) is 29.1 Å². The maximum atomic E-state index is 11.6. The van der Waals surface area contributed by atoms with E-state index in [0.717, 1.165) is 0 Å². The molecule has 0 bridgehead atoms. The topological polar surface area (TPSA) is 232 Å². The van der Waals surface area contributed by atoms with Crippen LogP contribution in [0.3, 0.4) is 0 Å². The van der Waals surface area contributed by atoms with Gasteiger partial charge >= 0.3 is 15.2 Å². The maximum absolute atomic E-state index is 11.6. The summed E-state index contributed by atoms with van der Waals surface area (Å²) in [6.07, 6.45) is 0.0648. The zero-order valence-corrected chi connectivity index (χ0v) is 16.6. The number of non-ortho nitro benzene ring substituents is 1. The first-order valence-electron chi connectivity index (χ1n) is 7.88. The second kappa shape index (κ2) is 10.0. The third kappa shape index (κ3) is 7.29. The van der Waals surface area contributed by atoms with E-state index in [-0.39, 0.29) is 25.2 Å². The first-order valence-corrected chi connectivity index (χ1v) is 11.1. The highest BCUT2D eigenvalue weighted by Gasteiger charge is 2.58. The highest BCUT2D eigenvalue weighted by Crippen LogP contribution is 2.69. The molecule has 0 unspecified atom stereocenters. The van der Waals surface area contributed by atoms with Gasteiger partial charge in [0.25, 0.3) is 10.8 Å². The largest absolute Gasteiger partial charge is 0.369 e. The third-order valence-corrected chi connectivity index (χ3v) is 7.47. The summed E-state index contributed by atoms with van der Waals surface area (Å²) in [4.78, 5) is 57.5. The Morgan fingerprint density at radius 1 is 1.17 bits per heavy atom. The fourth-order valence-corrected chi connectivity index (χ4v) is 4.25.